The highest BCUT2D eigenvalue weighted by Gasteiger charge is 2.35. The zero-order valence-electron chi connectivity index (χ0n) is 27.3. The number of aromatic nitrogens is 3. The van der Waals surface area contributed by atoms with Crippen LogP contribution >= 0.6 is 11.6 Å². The minimum absolute atomic E-state index is 0.0408. The highest BCUT2D eigenvalue weighted by Crippen LogP contribution is 2.40. The molecule has 10 heteroatoms. The summed E-state index contributed by atoms with van der Waals surface area (Å²) in [5, 5.41) is 4.50. The molecule has 0 atom stereocenters. The van der Waals surface area contributed by atoms with Crippen molar-refractivity contribution in [1.29, 1.82) is 0 Å². The molecule has 0 fully saturated rings. The number of nitrogens with one attached hydrogen (secondary N) is 2. The lowest BCUT2D eigenvalue weighted by molar-refractivity contribution is 0.0979. The lowest BCUT2D eigenvalue weighted by Gasteiger charge is -2.23. The van der Waals surface area contributed by atoms with Crippen LogP contribution in [0.5, 0.6) is 0 Å². The smallest absolute Gasteiger partial charge is 0.197 e. The van der Waals surface area contributed by atoms with Crippen LogP contribution in [0.3, 0.4) is 0 Å². The van der Waals surface area contributed by atoms with Gasteiger partial charge >= 0.3 is 0 Å². The molecule has 0 radical (unpaired) electrons. The minimum Gasteiger partial charge on any atom is -0.354 e. The number of carbonyl (C=O) groups is 4. The lowest BCUT2D eigenvalue weighted by Crippen LogP contribution is -2.24. The maximum absolute atomic E-state index is 14.4. The molecule has 2 N–H and O–H groups in total. The number of H-pyrrole nitrogens is 1. The molecule has 2 heterocycles. The molecule has 250 valence electrons. The first-order valence-corrected chi connectivity index (χ1v) is 17.0. The molecule has 0 saturated heterocycles. The van der Waals surface area contributed by atoms with Crippen LogP contribution in [-0.2, 0) is 0 Å². The van der Waals surface area contributed by atoms with Gasteiger partial charge in [0.05, 0.1) is 27.8 Å². The van der Waals surface area contributed by atoms with Crippen molar-refractivity contribution in [2.75, 3.05) is 5.32 Å². The zero-order valence-corrected chi connectivity index (χ0v) is 28.0. The first kappa shape index (κ1) is 30.7. The van der Waals surface area contributed by atoms with Gasteiger partial charge in [-0.25, -0.2) is 9.97 Å². The maximum atomic E-state index is 14.4. The molecule has 2 aliphatic rings. The van der Waals surface area contributed by atoms with E-state index in [4.69, 9.17) is 21.6 Å². The van der Waals surface area contributed by atoms with E-state index in [0.717, 1.165) is 0 Å². The number of benzene rings is 6. The molecule has 6 aromatic carbocycles. The van der Waals surface area contributed by atoms with E-state index in [0.29, 0.717) is 49.3 Å². The van der Waals surface area contributed by atoms with Crippen LogP contribution < -0.4 is 10.7 Å². The second kappa shape index (κ2) is 11.2. The third-order valence-electron chi connectivity index (χ3n) is 9.95. The molecular formula is C43H21ClN4O5. The summed E-state index contributed by atoms with van der Waals surface area (Å²) in [6, 6.07) is 32.0. The topological polar surface area (TPSA) is 139 Å². The predicted molar refractivity (Wildman–Crippen MR) is 202 cm³/mol. The molecule has 0 aliphatic heterocycles. The van der Waals surface area contributed by atoms with E-state index in [1.54, 1.807) is 78.9 Å². The average molecular weight is 709 g/mol. The summed E-state index contributed by atoms with van der Waals surface area (Å²) in [6.07, 6.45) is 0. The summed E-state index contributed by atoms with van der Waals surface area (Å²) in [7, 11) is 0. The number of rotatable bonds is 3. The van der Waals surface area contributed by atoms with E-state index < -0.39 is 17.0 Å². The number of aromatic amines is 1. The normalized spacial score (nSPS) is 13.2. The quantitative estimate of drug-likeness (QED) is 0.175. The maximum Gasteiger partial charge on any atom is 0.197 e. The number of nitrogens with zero attached hydrogens (tertiary/aromatic N) is 2. The summed E-state index contributed by atoms with van der Waals surface area (Å²) in [5.41, 5.74) is 2.98. The number of carbonyl (C=O) groups excluding carboxylic acids is 4. The monoisotopic (exact) mass is 708 g/mol. The Kier molecular flexibility index (Phi) is 6.49. The fourth-order valence-electron chi connectivity index (χ4n) is 7.45. The van der Waals surface area contributed by atoms with Crippen molar-refractivity contribution in [2.24, 2.45) is 0 Å². The standard InChI is InChI=1S/C43H21ClN4O5/c44-21-14-15-31-28(16-21)39(51)30-19-33(34-35(36(30)45-31)41(53)25-13-7-6-12-24(25)40(34)52)47-43-29-17-26-27(38(50)23-11-5-4-10-22(23)37(26)49)18-32(29)46-42(48-43)20-8-2-1-3-9-20/h1-19H,(H,45,51)(H,46,47,48). The van der Waals surface area contributed by atoms with E-state index in [9.17, 15) is 24.0 Å². The molecule has 9 nitrogen and oxygen atoms in total. The van der Waals surface area contributed by atoms with Crippen molar-refractivity contribution in [3.05, 3.63) is 175 Å². The van der Waals surface area contributed by atoms with Crippen molar-refractivity contribution in [3.63, 3.8) is 0 Å². The highest BCUT2D eigenvalue weighted by molar-refractivity contribution is 6.35. The SMILES string of the molecule is O=C1c2ccccc2C(=O)c2cc3c(Nc4cc5c(=O)c6cc(Cl)ccc6[nH]c5c5c4C(=O)c4ccccc4C5=O)nc(-c4ccccc4)nc3cc21. The van der Waals surface area contributed by atoms with E-state index in [1.165, 1.54) is 6.07 Å². The van der Waals surface area contributed by atoms with Gasteiger partial charge in [0.2, 0.25) is 0 Å². The van der Waals surface area contributed by atoms with Crippen LogP contribution in [0.1, 0.15) is 63.7 Å². The zero-order chi connectivity index (χ0) is 36.1. The average Bonchev–Trinajstić information content (AvgIpc) is 3.19. The molecule has 0 saturated carbocycles. The molecular weight excluding hydrogens is 688 g/mol. The van der Waals surface area contributed by atoms with Crippen LogP contribution in [0.4, 0.5) is 11.5 Å². The number of anilines is 2. The molecule has 8 aromatic rings. The van der Waals surface area contributed by atoms with Crippen molar-refractivity contribution in [1.82, 2.24) is 15.0 Å². The first-order chi connectivity index (χ1) is 25.8. The van der Waals surface area contributed by atoms with Gasteiger partial charge in [0.25, 0.3) is 0 Å². The number of halogens is 1. The Morgan fingerprint density at radius 2 is 1.13 bits per heavy atom. The molecule has 53 heavy (non-hydrogen) atoms. The summed E-state index contributed by atoms with van der Waals surface area (Å²) < 4.78 is 0. The lowest BCUT2D eigenvalue weighted by atomic mass is 9.81. The van der Waals surface area contributed by atoms with E-state index in [2.05, 4.69) is 10.3 Å². The Balaban J connectivity index is 1.27. The summed E-state index contributed by atoms with van der Waals surface area (Å²) in [6.45, 7) is 0. The van der Waals surface area contributed by atoms with Gasteiger partial charge in [0.15, 0.2) is 34.4 Å². The van der Waals surface area contributed by atoms with Gasteiger partial charge in [0, 0.05) is 65.6 Å². The second-order valence-corrected chi connectivity index (χ2v) is 13.4. The fourth-order valence-corrected chi connectivity index (χ4v) is 7.63. The molecule has 0 spiro atoms. The summed E-state index contributed by atoms with van der Waals surface area (Å²) in [4.78, 5) is 83.4. The van der Waals surface area contributed by atoms with Crippen molar-refractivity contribution in [3.8, 4) is 11.4 Å². The Morgan fingerprint density at radius 3 is 1.81 bits per heavy atom. The van der Waals surface area contributed by atoms with Crippen LogP contribution in [0.15, 0.2) is 120 Å². The highest BCUT2D eigenvalue weighted by atomic mass is 35.5. The van der Waals surface area contributed by atoms with E-state index in [-0.39, 0.29) is 67.4 Å². The van der Waals surface area contributed by atoms with Gasteiger partial charge in [-0.05, 0) is 36.4 Å². The van der Waals surface area contributed by atoms with Gasteiger partial charge in [-0.3, -0.25) is 24.0 Å². The van der Waals surface area contributed by atoms with Gasteiger partial charge in [-0.2, -0.15) is 0 Å². The number of ketones is 4. The van der Waals surface area contributed by atoms with Crippen LogP contribution in [-0.4, -0.2) is 38.1 Å². The van der Waals surface area contributed by atoms with Crippen LogP contribution in [0.25, 0.3) is 44.1 Å². The molecule has 0 bridgehead atoms. The molecule has 2 aromatic heterocycles. The van der Waals surface area contributed by atoms with Crippen molar-refractivity contribution >= 4 is 78.9 Å². The number of pyridine rings is 1. The molecule has 0 amide bonds. The largest absolute Gasteiger partial charge is 0.354 e. The third-order valence-corrected chi connectivity index (χ3v) is 10.2. The molecule has 10 rings (SSSR count). The number of fused-ring (bicyclic) bond motifs is 8. The summed E-state index contributed by atoms with van der Waals surface area (Å²) >= 11 is 6.29. The number of hydrogen-bond donors (Lipinski definition) is 2. The third kappa shape index (κ3) is 4.47. The van der Waals surface area contributed by atoms with Crippen LogP contribution in [0, 0.1) is 0 Å². The van der Waals surface area contributed by atoms with Crippen molar-refractivity contribution in [2.45, 2.75) is 0 Å². The van der Waals surface area contributed by atoms with Gasteiger partial charge in [0.1, 0.15) is 5.82 Å². The Hall–Kier alpha value is -7.10. The van der Waals surface area contributed by atoms with Gasteiger partial charge in [-0.15, -0.1) is 0 Å². The fraction of sp³-hybridized carbons (Fsp3) is 0. The Labute approximate surface area is 303 Å². The Morgan fingerprint density at radius 1 is 0.528 bits per heavy atom. The summed E-state index contributed by atoms with van der Waals surface area (Å²) in [5.74, 6) is -0.986. The molecule has 0 unspecified atom stereocenters. The predicted octanol–water partition coefficient (Wildman–Crippen LogP) is 8.24. The van der Waals surface area contributed by atoms with E-state index >= 15 is 0 Å². The van der Waals surface area contributed by atoms with E-state index in [1.807, 2.05) is 30.3 Å². The second-order valence-electron chi connectivity index (χ2n) is 13.0. The minimum atomic E-state index is -0.429. The van der Waals surface area contributed by atoms with Gasteiger partial charge < -0.3 is 10.3 Å². The molecule has 2 aliphatic carbocycles. The number of hydrogen-bond acceptors (Lipinski definition) is 8. The van der Waals surface area contributed by atoms with Crippen molar-refractivity contribution < 1.29 is 19.2 Å². The Bertz CT molecular complexity index is 3100. The first-order valence-electron chi connectivity index (χ1n) is 16.6. The van der Waals surface area contributed by atoms with Crippen LogP contribution in [0.2, 0.25) is 5.02 Å². The van der Waals surface area contributed by atoms with Gasteiger partial charge in [-0.1, -0.05) is 90.5 Å².